The van der Waals surface area contributed by atoms with Crippen LogP contribution in [0.1, 0.15) is 33.9 Å². The van der Waals surface area contributed by atoms with Gasteiger partial charge in [0.15, 0.2) is 0 Å². The lowest BCUT2D eigenvalue weighted by Crippen LogP contribution is -2.23. The van der Waals surface area contributed by atoms with Gasteiger partial charge in [-0.15, -0.1) is 0 Å². The van der Waals surface area contributed by atoms with Gasteiger partial charge in [0.05, 0.1) is 12.2 Å². The third-order valence-electron chi connectivity index (χ3n) is 3.91. The molecule has 0 saturated carbocycles. The number of rotatable bonds is 4. The standard InChI is InChI=1S/C16H20N4O/c1-12-4-2-3-5-15(12)16(21)18-8-13-9-19-20(11-13)14-6-7-17-10-14/h2-5,9,11,14,17H,6-8,10H2,1H3,(H,18,21). The van der Waals surface area contributed by atoms with Crippen LogP contribution in [0.4, 0.5) is 0 Å². The van der Waals surface area contributed by atoms with Crippen LogP contribution in [0.2, 0.25) is 0 Å². The monoisotopic (exact) mass is 284 g/mol. The van der Waals surface area contributed by atoms with E-state index in [2.05, 4.69) is 15.7 Å². The Morgan fingerprint density at radius 1 is 1.48 bits per heavy atom. The van der Waals surface area contributed by atoms with Crippen molar-refractivity contribution in [1.29, 1.82) is 0 Å². The number of amides is 1. The third-order valence-corrected chi connectivity index (χ3v) is 3.91. The topological polar surface area (TPSA) is 59.0 Å². The van der Waals surface area contributed by atoms with Gasteiger partial charge in [0.25, 0.3) is 5.91 Å². The summed E-state index contributed by atoms with van der Waals surface area (Å²) in [5.41, 5.74) is 2.75. The first-order chi connectivity index (χ1) is 10.2. The fourth-order valence-corrected chi connectivity index (χ4v) is 2.64. The second-order valence-electron chi connectivity index (χ2n) is 5.47. The third kappa shape index (κ3) is 3.13. The van der Waals surface area contributed by atoms with Crippen LogP contribution in [0.3, 0.4) is 0 Å². The second-order valence-corrected chi connectivity index (χ2v) is 5.47. The van der Waals surface area contributed by atoms with E-state index in [9.17, 15) is 4.79 Å². The highest BCUT2D eigenvalue weighted by molar-refractivity contribution is 5.95. The van der Waals surface area contributed by atoms with Crippen LogP contribution in [0.15, 0.2) is 36.7 Å². The zero-order valence-electron chi connectivity index (χ0n) is 12.2. The van der Waals surface area contributed by atoms with E-state index in [0.717, 1.165) is 36.2 Å². The van der Waals surface area contributed by atoms with Crippen LogP contribution in [0, 0.1) is 6.92 Å². The minimum atomic E-state index is -0.0385. The van der Waals surface area contributed by atoms with E-state index in [4.69, 9.17) is 0 Å². The SMILES string of the molecule is Cc1ccccc1C(=O)NCc1cnn(C2CCNC2)c1. The second kappa shape index (κ2) is 6.10. The average molecular weight is 284 g/mol. The van der Waals surface area contributed by atoms with Gasteiger partial charge in [-0.2, -0.15) is 5.10 Å². The van der Waals surface area contributed by atoms with Gasteiger partial charge in [-0.25, -0.2) is 0 Å². The van der Waals surface area contributed by atoms with Crippen molar-refractivity contribution in [3.05, 3.63) is 53.3 Å². The number of aromatic nitrogens is 2. The summed E-state index contributed by atoms with van der Waals surface area (Å²) < 4.78 is 2.00. The molecular weight excluding hydrogens is 264 g/mol. The van der Waals surface area contributed by atoms with Crippen LogP contribution in [0.25, 0.3) is 0 Å². The maximum Gasteiger partial charge on any atom is 0.251 e. The summed E-state index contributed by atoms with van der Waals surface area (Å²) >= 11 is 0. The zero-order chi connectivity index (χ0) is 14.7. The molecule has 5 nitrogen and oxygen atoms in total. The molecule has 0 spiro atoms. The molecule has 1 aliphatic heterocycles. The Kier molecular flexibility index (Phi) is 4.01. The van der Waals surface area contributed by atoms with Gasteiger partial charge in [0.2, 0.25) is 0 Å². The van der Waals surface area contributed by atoms with Crippen molar-refractivity contribution >= 4 is 5.91 Å². The Labute approximate surface area is 124 Å². The number of benzene rings is 1. The Morgan fingerprint density at radius 2 is 2.33 bits per heavy atom. The molecule has 1 amide bonds. The van der Waals surface area contributed by atoms with Gasteiger partial charge in [-0.1, -0.05) is 18.2 Å². The van der Waals surface area contributed by atoms with Gasteiger partial charge in [0.1, 0.15) is 0 Å². The van der Waals surface area contributed by atoms with Crippen LogP contribution >= 0.6 is 0 Å². The highest BCUT2D eigenvalue weighted by Crippen LogP contribution is 2.14. The van der Waals surface area contributed by atoms with Gasteiger partial charge in [-0.3, -0.25) is 9.48 Å². The first-order valence-electron chi connectivity index (χ1n) is 7.31. The molecule has 0 bridgehead atoms. The molecular formula is C16H20N4O. The van der Waals surface area contributed by atoms with Gasteiger partial charge < -0.3 is 10.6 Å². The number of carbonyl (C=O) groups excluding carboxylic acids is 1. The van der Waals surface area contributed by atoms with E-state index < -0.39 is 0 Å². The Morgan fingerprint density at radius 3 is 3.10 bits per heavy atom. The van der Waals surface area contributed by atoms with E-state index in [1.54, 1.807) is 0 Å². The first-order valence-corrected chi connectivity index (χ1v) is 7.31. The Hall–Kier alpha value is -2.14. The number of hydrogen-bond donors (Lipinski definition) is 2. The van der Waals surface area contributed by atoms with Gasteiger partial charge in [0, 0.05) is 30.4 Å². The molecule has 1 aliphatic rings. The normalized spacial score (nSPS) is 17.9. The average Bonchev–Trinajstić information content (AvgIpc) is 3.16. The largest absolute Gasteiger partial charge is 0.348 e. The summed E-state index contributed by atoms with van der Waals surface area (Å²) in [6.07, 6.45) is 4.96. The fraction of sp³-hybridized carbons (Fsp3) is 0.375. The maximum absolute atomic E-state index is 12.2. The molecule has 1 aromatic heterocycles. The maximum atomic E-state index is 12.2. The zero-order valence-corrected chi connectivity index (χ0v) is 12.2. The van der Waals surface area contributed by atoms with Crippen molar-refractivity contribution in [2.45, 2.75) is 25.9 Å². The van der Waals surface area contributed by atoms with Crippen LogP contribution in [-0.2, 0) is 6.54 Å². The summed E-state index contributed by atoms with van der Waals surface area (Å²) in [4.78, 5) is 12.2. The molecule has 1 aromatic carbocycles. The fourth-order valence-electron chi connectivity index (χ4n) is 2.64. The highest BCUT2D eigenvalue weighted by atomic mass is 16.1. The molecule has 0 aliphatic carbocycles. The number of nitrogens with one attached hydrogen (secondary N) is 2. The van der Waals surface area contributed by atoms with Crippen LogP contribution in [0.5, 0.6) is 0 Å². The van der Waals surface area contributed by atoms with E-state index in [-0.39, 0.29) is 5.91 Å². The van der Waals surface area contributed by atoms with Crippen LogP contribution in [-0.4, -0.2) is 28.8 Å². The molecule has 1 saturated heterocycles. The summed E-state index contributed by atoms with van der Waals surface area (Å²) in [5.74, 6) is -0.0385. The summed E-state index contributed by atoms with van der Waals surface area (Å²) in [5, 5.41) is 10.7. The molecule has 1 atom stereocenters. The van der Waals surface area contributed by atoms with Crippen molar-refractivity contribution in [3.8, 4) is 0 Å². The lowest BCUT2D eigenvalue weighted by Gasteiger charge is -2.08. The number of nitrogens with zero attached hydrogens (tertiary/aromatic N) is 2. The molecule has 2 aromatic rings. The van der Waals surface area contributed by atoms with Gasteiger partial charge >= 0.3 is 0 Å². The lowest BCUT2D eigenvalue weighted by molar-refractivity contribution is 0.0950. The van der Waals surface area contributed by atoms with Crippen molar-refractivity contribution in [2.75, 3.05) is 13.1 Å². The smallest absolute Gasteiger partial charge is 0.251 e. The molecule has 1 fully saturated rings. The predicted octanol–water partition coefficient (Wildman–Crippen LogP) is 1.66. The van der Waals surface area contributed by atoms with E-state index in [1.165, 1.54) is 0 Å². The molecule has 21 heavy (non-hydrogen) atoms. The highest BCUT2D eigenvalue weighted by Gasteiger charge is 2.17. The Balaban J connectivity index is 1.60. The van der Waals surface area contributed by atoms with E-state index >= 15 is 0 Å². The molecule has 5 heteroatoms. The van der Waals surface area contributed by atoms with Crippen molar-refractivity contribution < 1.29 is 4.79 Å². The summed E-state index contributed by atoms with van der Waals surface area (Å²) in [6.45, 7) is 4.47. The predicted molar refractivity (Wildman–Crippen MR) is 81.1 cm³/mol. The Bertz CT molecular complexity index is 629. The van der Waals surface area contributed by atoms with Crippen molar-refractivity contribution in [3.63, 3.8) is 0 Å². The van der Waals surface area contributed by atoms with E-state index in [0.29, 0.717) is 12.6 Å². The quantitative estimate of drug-likeness (QED) is 0.897. The summed E-state index contributed by atoms with van der Waals surface area (Å²) in [7, 11) is 0. The van der Waals surface area contributed by atoms with Crippen LogP contribution < -0.4 is 10.6 Å². The first kappa shape index (κ1) is 13.8. The molecule has 0 radical (unpaired) electrons. The molecule has 2 heterocycles. The van der Waals surface area contributed by atoms with Gasteiger partial charge in [-0.05, 0) is 31.5 Å². The van der Waals surface area contributed by atoms with Crippen molar-refractivity contribution in [2.24, 2.45) is 0 Å². The molecule has 110 valence electrons. The van der Waals surface area contributed by atoms with E-state index in [1.807, 2.05) is 48.3 Å². The molecule has 2 N–H and O–H groups in total. The number of hydrogen-bond acceptors (Lipinski definition) is 3. The summed E-state index contributed by atoms with van der Waals surface area (Å²) in [6, 6.07) is 8.04. The molecule has 1 unspecified atom stereocenters. The lowest BCUT2D eigenvalue weighted by atomic mass is 10.1. The number of carbonyl (C=O) groups is 1. The minimum Gasteiger partial charge on any atom is -0.348 e. The van der Waals surface area contributed by atoms with Crippen molar-refractivity contribution in [1.82, 2.24) is 20.4 Å². The molecule has 3 rings (SSSR count). The number of aryl methyl sites for hydroxylation is 1. The minimum absolute atomic E-state index is 0.0385.